The van der Waals surface area contributed by atoms with Crippen LogP contribution in [0.3, 0.4) is 0 Å². The largest absolute Gasteiger partial charge is 0.497 e. The Balaban J connectivity index is 2.08. The second-order valence-electron chi connectivity index (χ2n) is 5.62. The molecule has 0 aromatic heterocycles. The molecular weight excluding hydrogens is 326 g/mol. The summed E-state index contributed by atoms with van der Waals surface area (Å²) in [5.41, 5.74) is 3.40. The fourth-order valence-electron chi connectivity index (χ4n) is 3.21. The van der Waals surface area contributed by atoms with E-state index < -0.39 is 0 Å². The van der Waals surface area contributed by atoms with Crippen molar-refractivity contribution in [2.24, 2.45) is 0 Å². The molecule has 0 saturated heterocycles. The van der Waals surface area contributed by atoms with Gasteiger partial charge in [-0.2, -0.15) is 0 Å². The molecule has 2 aromatic carbocycles. The highest BCUT2D eigenvalue weighted by atomic mass is 35.5. The average Bonchev–Trinajstić information content (AvgIpc) is 2.61. The Labute approximate surface area is 147 Å². The van der Waals surface area contributed by atoms with Gasteiger partial charge in [-0.05, 0) is 42.7 Å². The van der Waals surface area contributed by atoms with E-state index in [1.807, 2.05) is 31.2 Å². The van der Waals surface area contributed by atoms with Crippen LogP contribution in [0.4, 0.5) is 0 Å². The average molecular weight is 348 g/mol. The zero-order chi connectivity index (χ0) is 17.1. The van der Waals surface area contributed by atoms with E-state index in [0.29, 0.717) is 11.6 Å². The summed E-state index contributed by atoms with van der Waals surface area (Å²) in [5, 5.41) is 4.24. The molecule has 0 saturated carbocycles. The first-order valence-electron chi connectivity index (χ1n) is 8.09. The quantitative estimate of drug-likeness (QED) is 0.887. The van der Waals surface area contributed by atoms with E-state index in [1.165, 1.54) is 11.1 Å². The molecule has 0 spiro atoms. The molecule has 0 amide bonds. The number of rotatable bonds is 5. The fourth-order valence-corrected chi connectivity index (χ4v) is 3.49. The van der Waals surface area contributed by atoms with Crippen LogP contribution >= 0.6 is 11.6 Å². The number of fused-ring (bicyclic) bond motifs is 1. The molecule has 5 heteroatoms. The van der Waals surface area contributed by atoms with Gasteiger partial charge in [-0.25, -0.2) is 0 Å². The van der Waals surface area contributed by atoms with Gasteiger partial charge in [-0.15, -0.1) is 0 Å². The van der Waals surface area contributed by atoms with Gasteiger partial charge in [0.2, 0.25) is 0 Å². The second-order valence-corrected chi connectivity index (χ2v) is 6.03. The predicted octanol–water partition coefficient (Wildman–Crippen LogP) is 3.99. The Morgan fingerprint density at radius 3 is 2.58 bits per heavy atom. The topological polar surface area (TPSA) is 39.7 Å². The van der Waals surface area contributed by atoms with Crippen LogP contribution in [-0.2, 0) is 6.42 Å². The summed E-state index contributed by atoms with van der Waals surface area (Å²) in [6.07, 6.45) is 0.895. The number of ether oxygens (including phenoxy) is 3. The SMILES string of the molecule is CCOc1c(OC)ccc2c1CCNC2c1ccc(OC)cc1Cl. The highest BCUT2D eigenvalue weighted by Gasteiger charge is 2.27. The van der Waals surface area contributed by atoms with Gasteiger partial charge < -0.3 is 19.5 Å². The zero-order valence-corrected chi connectivity index (χ0v) is 14.9. The molecule has 4 nitrogen and oxygen atoms in total. The van der Waals surface area contributed by atoms with Crippen molar-refractivity contribution >= 4 is 11.6 Å². The molecule has 3 rings (SSSR count). The van der Waals surface area contributed by atoms with Crippen LogP contribution in [0, 0.1) is 0 Å². The Morgan fingerprint density at radius 1 is 1.12 bits per heavy atom. The lowest BCUT2D eigenvalue weighted by atomic mass is 9.89. The fraction of sp³-hybridized carbons (Fsp3) is 0.368. The van der Waals surface area contributed by atoms with E-state index >= 15 is 0 Å². The maximum atomic E-state index is 6.49. The Kier molecular flexibility index (Phi) is 5.17. The molecule has 128 valence electrons. The van der Waals surface area contributed by atoms with Gasteiger partial charge in [0, 0.05) is 17.1 Å². The number of halogens is 1. The number of benzene rings is 2. The minimum absolute atomic E-state index is 0.0252. The maximum absolute atomic E-state index is 6.49. The van der Waals surface area contributed by atoms with Gasteiger partial charge in [-0.1, -0.05) is 23.7 Å². The molecule has 1 N–H and O–H groups in total. The van der Waals surface area contributed by atoms with Crippen LogP contribution in [0.25, 0.3) is 0 Å². The molecule has 1 aliphatic rings. The molecule has 1 atom stereocenters. The van der Waals surface area contributed by atoms with Crippen molar-refractivity contribution < 1.29 is 14.2 Å². The first kappa shape index (κ1) is 16.9. The van der Waals surface area contributed by atoms with Gasteiger partial charge in [0.15, 0.2) is 11.5 Å². The number of hydrogen-bond acceptors (Lipinski definition) is 4. The summed E-state index contributed by atoms with van der Waals surface area (Å²) < 4.78 is 16.6. The highest BCUT2D eigenvalue weighted by Crippen LogP contribution is 2.41. The van der Waals surface area contributed by atoms with E-state index in [0.717, 1.165) is 35.8 Å². The minimum atomic E-state index is 0.0252. The molecule has 1 aliphatic heterocycles. The first-order chi connectivity index (χ1) is 11.7. The van der Waals surface area contributed by atoms with Crippen LogP contribution in [-0.4, -0.2) is 27.4 Å². The lowest BCUT2D eigenvalue weighted by Crippen LogP contribution is -2.31. The molecule has 0 fully saturated rings. The van der Waals surface area contributed by atoms with Gasteiger partial charge in [0.1, 0.15) is 5.75 Å². The van der Waals surface area contributed by atoms with Crippen molar-refractivity contribution in [1.29, 1.82) is 0 Å². The third kappa shape index (κ3) is 3.04. The third-order valence-corrected chi connectivity index (χ3v) is 4.65. The van der Waals surface area contributed by atoms with Crippen LogP contribution in [0.15, 0.2) is 30.3 Å². The van der Waals surface area contributed by atoms with Crippen molar-refractivity contribution in [3.8, 4) is 17.2 Å². The van der Waals surface area contributed by atoms with Crippen molar-refractivity contribution in [2.45, 2.75) is 19.4 Å². The molecule has 2 aromatic rings. The standard InChI is InChI=1S/C19H22ClNO3/c1-4-24-19-14-9-10-21-18(13(14)7-8-17(19)23-3)15-6-5-12(22-2)11-16(15)20/h5-8,11,18,21H,4,9-10H2,1-3H3. The Hall–Kier alpha value is -1.91. The monoisotopic (exact) mass is 347 g/mol. The van der Waals surface area contributed by atoms with E-state index in [1.54, 1.807) is 14.2 Å². The summed E-state index contributed by atoms with van der Waals surface area (Å²) >= 11 is 6.49. The van der Waals surface area contributed by atoms with Crippen molar-refractivity contribution in [3.05, 3.63) is 52.0 Å². The van der Waals surface area contributed by atoms with Crippen molar-refractivity contribution in [1.82, 2.24) is 5.32 Å². The van der Waals surface area contributed by atoms with Crippen molar-refractivity contribution in [3.63, 3.8) is 0 Å². The van der Waals surface area contributed by atoms with Crippen LogP contribution in [0.5, 0.6) is 17.2 Å². The van der Waals surface area contributed by atoms with Crippen molar-refractivity contribution in [2.75, 3.05) is 27.4 Å². The Bertz CT molecular complexity index is 733. The predicted molar refractivity (Wildman–Crippen MR) is 95.7 cm³/mol. The summed E-state index contributed by atoms with van der Waals surface area (Å²) in [6, 6.07) is 9.87. The number of methoxy groups -OCH3 is 2. The zero-order valence-electron chi connectivity index (χ0n) is 14.2. The lowest BCUT2D eigenvalue weighted by molar-refractivity contribution is 0.305. The number of nitrogens with one attached hydrogen (secondary N) is 1. The molecule has 1 unspecified atom stereocenters. The van der Waals surface area contributed by atoms with E-state index in [9.17, 15) is 0 Å². The molecule has 1 heterocycles. The van der Waals surface area contributed by atoms with E-state index in [4.69, 9.17) is 25.8 Å². The van der Waals surface area contributed by atoms with E-state index in [-0.39, 0.29) is 6.04 Å². The second kappa shape index (κ2) is 7.32. The maximum Gasteiger partial charge on any atom is 0.164 e. The molecule has 0 aliphatic carbocycles. The molecular formula is C19H22ClNO3. The van der Waals surface area contributed by atoms with Gasteiger partial charge in [0.05, 0.1) is 26.9 Å². The summed E-state index contributed by atoms with van der Waals surface area (Å²) in [6.45, 7) is 3.44. The first-order valence-corrected chi connectivity index (χ1v) is 8.46. The van der Waals surface area contributed by atoms with Crippen LogP contribution in [0.2, 0.25) is 5.02 Å². The van der Waals surface area contributed by atoms with Crippen LogP contribution in [0.1, 0.15) is 29.7 Å². The summed E-state index contributed by atoms with van der Waals surface area (Å²) in [7, 11) is 3.31. The van der Waals surface area contributed by atoms with Gasteiger partial charge >= 0.3 is 0 Å². The van der Waals surface area contributed by atoms with Gasteiger partial charge in [-0.3, -0.25) is 0 Å². The Morgan fingerprint density at radius 2 is 1.92 bits per heavy atom. The smallest absolute Gasteiger partial charge is 0.164 e. The molecule has 0 radical (unpaired) electrons. The lowest BCUT2D eigenvalue weighted by Gasteiger charge is -2.30. The molecule has 24 heavy (non-hydrogen) atoms. The highest BCUT2D eigenvalue weighted by molar-refractivity contribution is 6.31. The normalized spacial score (nSPS) is 16.4. The van der Waals surface area contributed by atoms with Crippen LogP contribution < -0.4 is 19.5 Å². The minimum Gasteiger partial charge on any atom is -0.497 e. The molecule has 0 bridgehead atoms. The summed E-state index contributed by atoms with van der Waals surface area (Å²) in [4.78, 5) is 0. The third-order valence-electron chi connectivity index (χ3n) is 4.32. The number of hydrogen-bond donors (Lipinski definition) is 1. The summed E-state index contributed by atoms with van der Waals surface area (Å²) in [5.74, 6) is 2.37. The van der Waals surface area contributed by atoms with Gasteiger partial charge in [0.25, 0.3) is 0 Å². The van der Waals surface area contributed by atoms with E-state index in [2.05, 4.69) is 11.4 Å².